The van der Waals surface area contributed by atoms with E-state index in [0.29, 0.717) is 5.41 Å². The van der Waals surface area contributed by atoms with Gasteiger partial charge in [0.2, 0.25) is 0 Å². The van der Waals surface area contributed by atoms with Crippen molar-refractivity contribution in [1.29, 1.82) is 0 Å². The molecule has 92 valence electrons. The van der Waals surface area contributed by atoms with E-state index in [2.05, 4.69) is 45.0 Å². The summed E-state index contributed by atoms with van der Waals surface area (Å²) in [5.41, 5.74) is 0.549. The van der Waals surface area contributed by atoms with Gasteiger partial charge in [0, 0.05) is 24.5 Å². The maximum atomic E-state index is 4.19. The van der Waals surface area contributed by atoms with E-state index in [9.17, 15) is 0 Å². The van der Waals surface area contributed by atoms with Gasteiger partial charge in [0.25, 0.3) is 0 Å². The van der Waals surface area contributed by atoms with Crippen molar-refractivity contribution in [2.75, 3.05) is 6.54 Å². The summed E-state index contributed by atoms with van der Waals surface area (Å²) >= 11 is 0. The van der Waals surface area contributed by atoms with E-state index in [4.69, 9.17) is 0 Å². The minimum absolute atomic E-state index is 0.186. The fourth-order valence-electron chi connectivity index (χ4n) is 2.33. The second-order valence-electron chi connectivity index (χ2n) is 6.32. The number of hydrogen-bond acceptors (Lipinski definition) is 2. The molecule has 1 rings (SSSR count). The largest absolute Gasteiger partial charge is 0.310 e. The van der Waals surface area contributed by atoms with Crippen molar-refractivity contribution >= 4 is 0 Å². The van der Waals surface area contributed by atoms with Gasteiger partial charge in [-0.2, -0.15) is 5.10 Å². The summed E-state index contributed by atoms with van der Waals surface area (Å²) in [6, 6.07) is 1.96. The first-order valence-corrected chi connectivity index (χ1v) is 6.01. The molecule has 0 aromatic carbocycles. The van der Waals surface area contributed by atoms with Gasteiger partial charge in [-0.1, -0.05) is 20.8 Å². The van der Waals surface area contributed by atoms with E-state index in [-0.39, 0.29) is 5.54 Å². The molecule has 0 bridgehead atoms. The molecule has 0 aliphatic heterocycles. The van der Waals surface area contributed by atoms with E-state index >= 15 is 0 Å². The van der Waals surface area contributed by atoms with Crippen molar-refractivity contribution < 1.29 is 0 Å². The third-order valence-corrected chi connectivity index (χ3v) is 2.48. The predicted molar refractivity (Wildman–Crippen MR) is 68.4 cm³/mol. The lowest BCUT2D eigenvalue weighted by molar-refractivity contribution is 0.239. The number of nitrogens with one attached hydrogen (secondary N) is 1. The molecule has 0 atom stereocenters. The first kappa shape index (κ1) is 13.2. The Labute approximate surface area is 99.2 Å². The van der Waals surface area contributed by atoms with Gasteiger partial charge in [0.15, 0.2) is 0 Å². The van der Waals surface area contributed by atoms with E-state index < -0.39 is 0 Å². The molecule has 0 aliphatic carbocycles. The van der Waals surface area contributed by atoms with Crippen LogP contribution in [0.15, 0.2) is 18.5 Å². The summed E-state index contributed by atoms with van der Waals surface area (Å²) in [4.78, 5) is 0. The molecule has 1 aromatic heterocycles. The zero-order valence-electron chi connectivity index (χ0n) is 11.2. The lowest BCUT2D eigenvalue weighted by atomic mass is 9.82. The Morgan fingerprint density at radius 1 is 1.19 bits per heavy atom. The molecule has 1 heterocycles. The van der Waals surface area contributed by atoms with Crippen molar-refractivity contribution in [3.63, 3.8) is 0 Å². The molecule has 16 heavy (non-hydrogen) atoms. The van der Waals surface area contributed by atoms with Gasteiger partial charge in [-0.15, -0.1) is 0 Å². The third-order valence-electron chi connectivity index (χ3n) is 2.48. The predicted octanol–water partition coefficient (Wildman–Crippen LogP) is 2.69. The zero-order chi connectivity index (χ0) is 12.2. The Bertz CT molecular complexity index is 293. The molecule has 0 fully saturated rings. The fraction of sp³-hybridized carbons (Fsp3) is 0.769. The second kappa shape index (κ2) is 5.00. The highest BCUT2D eigenvalue weighted by Gasteiger charge is 2.24. The quantitative estimate of drug-likeness (QED) is 0.831. The van der Waals surface area contributed by atoms with Crippen LogP contribution in [0.2, 0.25) is 0 Å². The van der Waals surface area contributed by atoms with Gasteiger partial charge in [-0.05, 0) is 31.7 Å². The van der Waals surface area contributed by atoms with Crippen LogP contribution >= 0.6 is 0 Å². The van der Waals surface area contributed by atoms with E-state index in [1.54, 1.807) is 0 Å². The van der Waals surface area contributed by atoms with Gasteiger partial charge in [0.05, 0.1) is 6.54 Å². The molecule has 0 saturated carbocycles. The van der Waals surface area contributed by atoms with Crippen LogP contribution in [-0.2, 0) is 6.54 Å². The molecule has 3 heteroatoms. The molecule has 0 spiro atoms. The number of aromatic nitrogens is 2. The van der Waals surface area contributed by atoms with Crippen molar-refractivity contribution in [2.45, 2.75) is 53.1 Å². The van der Waals surface area contributed by atoms with Crippen LogP contribution in [0, 0.1) is 5.41 Å². The van der Waals surface area contributed by atoms with Crippen molar-refractivity contribution in [3.8, 4) is 0 Å². The average Bonchev–Trinajstić information content (AvgIpc) is 2.51. The first-order valence-electron chi connectivity index (χ1n) is 6.01. The molecule has 0 aliphatic rings. The van der Waals surface area contributed by atoms with E-state index in [0.717, 1.165) is 13.1 Å². The number of rotatable bonds is 5. The van der Waals surface area contributed by atoms with Crippen LogP contribution in [0.5, 0.6) is 0 Å². The van der Waals surface area contributed by atoms with Crippen LogP contribution < -0.4 is 5.32 Å². The maximum absolute atomic E-state index is 4.19. The Kier molecular flexibility index (Phi) is 4.14. The topological polar surface area (TPSA) is 29.9 Å². The summed E-state index contributed by atoms with van der Waals surface area (Å²) in [7, 11) is 0. The lowest BCUT2D eigenvalue weighted by Crippen LogP contribution is -2.43. The van der Waals surface area contributed by atoms with Crippen LogP contribution in [0.1, 0.15) is 41.0 Å². The molecular weight excluding hydrogens is 198 g/mol. The standard InChI is InChI=1S/C13H25N3/c1-12(2,3)11-13(4,5)14-8-10-16-9-6-7-15-16/h6-7,9,14H,8,10-11H2,1-5H3. The smallest absolute Gasteiger partial charge is 0.0534 e. The summed E-state index contributed by atoms with van der Waals surface area (Å²) in [6.45, 7) is 13.3. The summed E-state index contributed by atoms with van der Waals surface area (Å²) < 4.78 is 1.96. The lowest BCUT2D eigenvalue weighted by Gasteiger charge is -2.33. The van der Waals surface area contributed by atoms with Crippen molar-refractivity contribution in [2.24, 2.45) is 5.41 Å². The molecule has 0 saturated heterocycles. The minimum atomic E-state index is 0.186. The van der Waals surface area contributed by atoms with Crippen molar-refractivity contribution in [3.05, 3.63) is 18.5 Å². The van der Waals surface area contributed by atoms with Gasteiger partial charge < -0.3 is 5.32 Å². The van der Waals surface area contributed by atoms with E-state index in [1.165, 1.54) is 6.42 Å². The second-order valence-corrected chi connectivity index (χ2v) is 6.32. The summed E-state index contributed by atoms with van der Waals surface area (Å²) in [5.74, 6) is 0. The molecule has 0 amide bonds. The third kappa shape index (κ3) is 5.31. The van der Waals surface area contributed by atoms with Crippen LogP contribution in [0.25, 0.3) is 0 Å². The molecule has 1 N–H and O–H groups in total. The average molecular weight is 223 g/mol. The fourth-order valence-corrected chi connectivity index (χ4v) is 2.33. The van der Waals surface area contributed by atoms with Gasteiger partial charge >= 0.3 is 0 Å². The van der Waals surface area contributed by atoms with Crippen LogP contribution in [0.4, 0.5) is 0 Å². The van der Waals surface area contributed by atoms with Crippen LogP contribution in [-0.4, -0.2) is 21.9 Å². The van der Waals surface area contributed by atoms with Gasteiger partial charge in [-0.25, -0.2) is 0 Å². The Morgan fingerprint density at radius 3 is 2.38 bits per heavy atom. The molecule has 3 nitrogen and oxygen atoms in total. The Hall–Kier alpha value is -0.830. The van der Waals surface area contributed by atoms with E-state index in [1.807, 2.05) is 23.1 Å². The zero-order valence-corrected chi connectivity index (χ0v) is 11.2. The first-order chi connectivity index (χ1) is 7.29. The van der Waals surface area contributed by atoms with Gasteiger partial charge in [0.1, 0.15) is 0 Å². The van der Waals surface area contributed by atoms with Crippen LogP contribution in [0.3, 0.4) is 0 Å². The summed E-state index contributed by atoms with van der Waals surface area (Å²) in [5, 5.41) is 7.78. The maximum Gasteiger partial charge on any atom is 0.0534 e. The highest BCUT2D eigenvalue weighted by atomic mass is 15.3. The minimum Gasteiger partial charge on any atom is -0.310 e. The number of nitrogens with zero attached hydrogens (tertiary/aromatic N) is 2. The Balaban J connectivity index is 2.31. The molecule has 1 aromatic rings. The monoisotopic (exact) mass is 223 g/mol. The molecule has 0 radical (unpaired) electrons. The highest BCUT2D eigenvalue weighted by Crippen LogP contribution is 2.26. The molecule has 0 unspecified atom stereocenters. The number of hydrogen-bond donors (Lipinski definition) is 1. The SMILES string of the molecule is CC(C)(C)CC(C)(C)NCCn1cccn1. The highest BCUT2D eigenvalue weighted by molar-refractivity contribution is 4.83. The Morgan fingerprint density at radius 2 is 1.88 bits per heavy atom. The van der Waals surface area contributed by atoms with Crippen molar-refractivity contribution in [1.82, 2.24) is 15.1 Å². The normalized spacial score (nSPS) is 13.1. The molecular formula is C13H25N3. The van der Waals surface area contributed by atoms with Gasteiger partial charge in [-0.3, -0.25) is 4.68 Å². The summed E-state index contributed by atoms with van der Waals surface area (Å²) in [6.07, 6.45) is 4.98.